The fourth-order valence-electron chi connectivity index (χ4n) is 3.42. The predicted octanol–water partition coefficient (Wildman–Crippen LogP) is 7.02. The third-order valence-electron chi connectivity index (χ3n) is 5.21. The molecule has 4 rings (SSSR count). The number of ether oxygens (including phenoxy) is 3. The lowest BCUT2D eigenvalue weighted by Gasteiger charge is -2.16. The van der Waals surface area contributed by atoms with Gasteiger partial charge in [-0.05, 0) is 54.2 Å². The van der Waals surface area contributed by atoms with Crippen molar-refractivity contribution < 1.29 is 14.2 Å². The van der Waals surface area contributed by atoms with Crippen LogP contribution in [0.2, 0.25) is 10.0 Å². The number of nitrogens with one attached hydrogen (secondary N) is 2. The molecule has 0 atom stereocenters. The van der Waals surface area contributed by atoms with E-state index in [9.17, 15) is 0 Å². The molecule has 3 aromatic carbocycles. The van der Waals surface area contributed by atoms with Gasteiger partial charge in [0.25, 0.3) is 0 Å². The minimum Gasteiger partial charge on any atom is -0.496 e. The molecular formula is C24H21BrCl2N4O3S. The Kier molecular flexibility index (Phi) is 8.22. The van der Waals surface area contributed by atoms with E-state index in [1.807, 2.05) is 36.4 Å². The first-order chi connectivity index (χ1) is 16.9. The summed E-state index contributed by atoms with van der Waals surface area (Å²) in [6.45, 7) is 0.620. The number of nitrogens with zero attached hydrogens (tertiary/aromatic N) is 2. The lowest BCUT2D eigenvalue weighted by atomic mass is 10.2. The zero-order valence-electron chi connectivity index (χ0n) is 18.8. The molecule has 2 N–H and O–H groups in total. The largest absolute Gasteiger partial charge is 0.496 e. The number of benzene rings is 3. The summed E-state index contributed by atoms with van der Waals surface area (Å²) in [6.07, 6.45) is 0. The summed E-state index contributed by atoms with van der Waals surface area (Å²) in [5.74, 6) is 2.40. The van der Waals surface area contributed by atoms with Crippen LogP contribution in [0.5, 0.6) is 17.2 Å². The van der Waals surface area contributed by atoms with Crippen LogP contribution in [0.3, 0.4) is 0 Å². The smallest absolute Gasteiger partial charge is 0.214 e. The first-order valence-corrected chi connectivity index (χ1v) is 12.4. The second kappa shape index (κ2) is 11.3. The van der Waals surface area contributed by atoms with Crippen LogP contribution >= 0.6 is 51.3 Å². The van der Waals surface area contributed by atoms with Crippen molar-refractivity contribution >= 4 is 51.3 Å². The number of hydrogen-bond acceptors (Lipinski definition) is 6. The van der Waals surface area contributed by atoms with Crippen molar-refractivity contribution in [2.45, 2.75) is 13.2 Å². The van der Waals surface area contributed by atoms with Gasteiger partial charge in [-0.1, -0.05) is 57.3 Å². The molecule has 182 valence electrons. The molecule has 0 saturated carbocycles. The lowest BCUT2D eigenvalue weighted by molar-refractivity contribution is 0.284. The quantitative estimate of drug-likeness (QED) is 0.203. The molecule has 0 fully saturated rings. The molecule has 4 aromatic rings. The number of aromatic nitrogens is 3. The molecule has 0 unspecified atom stereocenters. The summed E-state index contributed by atoms with van der Waals surface area (Å²) in [5, 5.41) is 8.28. The third kappa shape index (κ3) is 5.59. The van der Waals surface area contributed by atoms with Gasteiger partial charge in [-0.15, -0.1) is 0 Å². The molecule has 0 radical (unpaired) electrons. The van der Waals surface area contributed by atoms with E-state index in [0.29, 0.717) is 50.0 Å². The molecule has 0 bridgehead atoms. The number of hydrogen-bond donors (Lipinski definition) is 2. The van der Waals surface area contributed by atoms with Crippen LogP contribution in [0.25, 0.3) is 11.4 Å². The topological polar surface area (TPSA) is 73.3 Å². The predicted molar refractivity (Wildman–Crippen MR) is 144 cm³/mol. The van der Waals surface area contributed by atoms with Gasteiger partial charge in [0.05, 0.1) is 26.3 Å². The van der Waals surface area contributed by atoms with E-state index < -0.39 is 0 Å². The van der Waals surface area contributed by atoms with E-state index in [1.165, 1.54) is 0 Å². The van der Waals surface area contributed by atoms with E-state index in [-0.39, 0.29) is 6.61 Å². The van der Waals surface area contributed by atoms with Crippen molar-refractivity contribution in [3.8, 4) is 28.6 Å². The number of para-hydroxylation sites is 1. The summed E-state index contributed by atoms with van der Waals surface area (Å²) >= 11 is 21.6. The average Bonchev–Trinajstić information content (AvgIpc) is 3.23. The Bertz CT molecular complexity index is 1390. The molecule has 0 aliphatic rings. The molecule has 0 aliphatic heterocycles. The first-order valence-electron chi connectivity index (χ1n) is 10.4. The molecule has 7 nitrogen and oxygen atoms in total. The second-order valence-electron chi connectivity index (χ2n) is 7.31. The molecule has 0 amide bonds. The zero-order valence-corrected chi connectivity index (χ0v) is 22.7. The Hall–Kier alpha value is -2.72. The molecule has 1 aromatic heterocycles. The maximum Gasteiger partial charge on any atom is 0.214 e. The normalized spacial score (nSPS) is 10.8. The van der Waals surface area contributed by atoms with Crippen LogP contribution in [-0.2, 0) is 13.2 Å². The van der Waals surface area contributed by atoms with E-state index in [4.69, 9.17) is 49.6 Å². The molecule has 0 spiro atoms. The molecule has 1 heterocycles. The van der Waals surface area contributed by atoms with E-state index in [0.717, 1.165) is 15.6 Å². The standard InChI is InChI=1S/C24H21BrCl2N4O3S/c1-32-20-9-4-3-6-15(20)23-29-30-24(35)31(23)28-12-14-10-21(33-2)22(11-17(14)25)34-13-16-18(26)7-5-8-19(16)27/h3-11,28H,12-13H2,1-2H3,(H,30,35). The van der Waals surface area contributed by atoms with Gasteiger partial charge in [0, 0.05) is 20.1 Å². The Labute approximate surface area is 226 Å². The van der Waals surface area contributed by atoms with E-state index >= 15 is 0 Å². The Morgan fingerprint density at radius 1 is 1.00 bits per heavy atom. The van der Waals surface area contributed by atoms with Crippen molar-refractivity contribution in [3.63, 3.8) is 0 Å². The monoisotopic (exact) mass is 594 g/mol. The summed E-state index contributed by atoms with van der Waals surface area (Å²) in [5.41, 5.74) is 5.74. The van der Waals surface area contributed by atoms with Crippen molar-refractivity contribution in [2.75, 3.05) is 19.6 Å². The SMILES string of the molecule is COc1cc(CNn2c(-c3ccccc3OC)n[nH]c2=S)c(Br)cc1OCc1c(Cl)cccc1Cl. The number of methoxy groups -OCH3 is 2. The van der Waals surface area contributed by atoms with Gasteiger partial charge in [0.2, 0.25) is 4.77 Å². The van der Waals surface area contributed by atoms with Gasteiger partial charge >= 0.3 is 0 Å². The van der Waals surface area contributed by atoms with Crippen LogP contribution in [0.4, 0.5) is 0 Å². The number of H-pyrrole nitrogens is 1. The molecule has 0 aliphatic carbocycles. The highest BCUT2D eigenvalue weighted by Gasteiger charge is 2.16. The van der Waals surface area contributed by atoms with Crippen LogP contribution < -0.4 is 19.6 Å². The fraction of sp³-hybridized carbons (Fsp3) is 0.167. The Balaban J connectivity index is 1.56. The second-order valence-corrected chi connectivity index (χ2v) is 9.36. The van der Waals surface area contributed by atoms with Crippen molar-refractivity contribution in [2.24, 2.45) is 0 Å². The van der Waals surface area contributed by atoms with E-state index in [2.05, 4.69) is 31.6 Å². The molecule has 11 heteroatoms. The van der Waals surface area contributed by atoms with Gasteiger partial charge in [-0.2, -0.15) is 5.10 Å². The highest BCUT2D eigenvalue weighted by Crippen LogP contribution is 2.35. The third-order valence-corrected chi connectivity index (χ3v) is 6.93. The molecular weight excluding hydrogens is 575 g/mol. The number of halogens is 3. The minimum atomic E-state index is 0.200. The number of aromatic amines is 1. The maximum absolute atomic E-state index is 6.27. The van der Waals surface area contributed by atoms with Gasteiger partial charge < -0.3 is 19.6 Å². The highest BCUT2D eigenvalue weighted by molar-refractivity contribution is 9.10. The molecule has 0 saturated heterocycles. The van der Waals surface area contributed by atoms with E-state index in [1.54, 1.807) is 37.1 Å². The Morgan fingerprint density at radius 2 is 1.71 bits per heavy atom. The molecule has 35 heavy (non-hydrogen) atoms. The fourth-order valence-corrected chi connectivity index (χ4v) is 4.59. The first kappa shape index (κ1) is 25.4. The lowest BCUT2D eigenvalue weighted by Crippen LogP contribution is -2.16. The van der Waals surface area contributed by atoms with Crippen LogP contribution in [0.1, 0.15) is 11.1 Å². The van der Waals surface area contributed by atoms with Crippen molar-refractivity contribution in [3.05, 3.63) is 85.0 Å². The Morgan fingerprint density at radius 3 is 2.43 bits per heavy atom. The van der Waals surface area contributed by atoms with Gasteiger partial charge in [-0.3, -0.25) is 0 Å². The van der Waals surface area contributed by atoms with Crippen LogP contribution in [0, 0.1) is 4.77 Å². The van der Waals surface area contributed by atoms with Gasteiger partial charge in [0.1, 0.15) is 12.4 Å². The maximum atomic E-state index is 6.27. The number of rotatable bonds is 9. The summed E-state index contributed by atoms with van der Waals surface area (Å²) in [4.78, 5) is 0. The minimum absolute atomic E-state index is 0.200. The van der Waals surface area contributed by atoms with Crippen molar-refractivity contribution in [1.82, 2.24) is 14.9 Å². The summed E-state index contributed by atoms with van der Waals surface area (Å²) < 4.78 is 20.0. The van der Waals surface area contributed by atoms with Gasteiger partial charge in [-0.25, -0.2) is 9.77 Å². The zero-order chi connectivity index (χ0) is 24.9. The average molecular weight is 596 g/mol. The highest BCUT2D eigenvalue weighted by atomic mass is 79.9. The summed E-state index contributed by atoms with van der Waals surface area (Å²) in [7, 11) is 3.20. The van der Waals surface area contributed by atoms with Gasteiger partial charge in [0.15, 0.2) is 17.3 Å². The van der Waals surface area contributed by atoms with Crippen LogP contribution in [0.15, 0.2) is 59.1 Å². The van der Waals surface area contributed by atoms with Crippen LogP contribution in [-0.4, -0.2) is 29.1 Å². The van der Waals surface area contributed by atoms with Crippen molar-refractivity contribution in [1.29, 1.82) is 0 Å². The summed E-state index contributed by atoms with van der Waals surface area (Å²) in [6, 6.07) is 16.7.